The maximum absolute atomic E-state index is 13.1. The monoisotopic (exact) mass is 379 g/mol. The third-order valence-electron chi connectivity index (χ3n) is 4.29. The lowest BCUT2D eigenvalue weighted by Gasteiger charge is -2.07. The molecule has 0 bridgehead atoms. The van der Waals surface area contributed by atoms with Crippen LogP contribution in [0.15, 0.2) is 67.0 Å². The molecule has 0 fully saturated rings. The largest absolute Gasteiger partial charge is 0.322 e. The molecule has 1 amide bonds. The average molecular weight is 380 g/mol. The second-order valence-corrected chi connectivity index (χ2v) is 6.61. The summed E-state index contributed by atoms with van der Waals surface area (Å²) in [5, 5.41) is 2.83. The van der Waals surface area contributed by atoms with Crippen molar-refractivity contribution in [2.24, 2.45) is 0 Å². The van der Waals surface area contributed by atoms with E-state index in [0.717, 1.165) is 28.5 Å². The quantitative estimate of drug-likeness (QED) is 0.521. The molecule has 4 aromatic rings. The molecule has 0 saturated carbocycles. The Morgan fingerprint density at radius 2 is 1.93 bits per heavy atom. The SMILES string of the molecule is Cc1cccn2cc(-c3ccc(NC(=O)c4ccc(F)cc4Cl)cc3)nc12. The molecule has 4 rings (SSSR count). The van der Waals surface area contributed by atoms with Crippen LogP contribution in [0.1, 0.15) is 15.9 Å². The summed E-state index contributed by atoms with van der Waals surface area (Å²) < 4.78 is 15.1. The minimum atomic E-state index is -0.483. The normalized spacial score (nSPS) is 10.9. The van der Waals surface area contributed by atoms with Crippen LogP contribution >= 0.6 is 11.6 Å². The first-order chi connectivity index (χ1) is 13.0. The highest BCUT2D eigenvalue weighted by Gasteiger charge is 2.12. The molecule has 134 valence electrons. The number of carbonyl (C=O) groups excluding carboxylic acids is 1. The number of rotatable bonds is 3. The summed E-state index contributed by atoms with van der Waals surface area (Å²) in [6.07, 6.45) is 3.92. The van der Waals surface area contributed by atoms with E-state index >= 15 is 0 Å². The van der Waals surface area contributed by atoms with Gasteiger partial charge in [-0.05, 0) is 48.9 Å². The molecule has 2 heterocycles. The van der Waals surface area contributed by atoms with Crippen molar-refractivity contribution >= 4 is 28.8 Å². The molecule has 2 aromatic carbocycles. The molecule has 2 aromatic heterocycles. The second kappa shape index (κ2) is 6.85. The number of aryl methyl sites for hydroxylation is 1. The average Bonchev–Trinajstić information content (AvgIpc) is 3.08. The minimum absolute atomic E-state index is 0.0733. The molecule has 27 heavy (non-hydrogen) atoms. The Morgan fingerprint density at radius 3 is 2.63 bits per heavy atom. The van der Waals surface area contributed by atoms with Crippen LogP contribution in [0.4, 0.5) is 10.1 Å². The lowest BCUT2D eigenvalue weighted by atomic mass is 10.1. The van der Waals surface area contributed by atoms with E-state index in [1.165, 1.54) is 12.1 Å². The Bertz CT molecular complexity index is 1150. The topological polar surface area (TPSA) is 46.4 Å². The fourth-order valence-corrected chi connectivity index (χ4v) is 3.14. The molecule has 0 spiro atoms. The highest BCUT2D eigenvalue weighted by atomic mass is 35.5. The molecular formula is C21H15ClFN3O. The Labute approximate surface area is 160 Å². The van der Waals surface area contributed by atoms with E-state index in [2.05, 4.69) is 10.3 Å². The standard InChI is InChI=1S/C21H15ClFN3O/c1-13-3-2-10-26-12-19(25-20(13)26)14-4-7-16(8-5-14)24-21(27)17-9-6-15(23)11-18(17)22/h2-12H,1H3,(H,24,27). The molecule has 0 atom stereocenters. The smallest absolute Gasteiger partial charge is 0.257 e. The maximum atomic E-state index is 13.1. The van der Waals surface area contributed by atoms with E-state index in [9.17, 15) is 9.18 Å². The van der Waals surface area contributed by atoms with Gasteiger partial charge in [0.15, 0.2) is 0 Å². The summed E-state index contributed by atoms with van der Waals surface area (Å²) in [5.41, 5.74) is 4.64. The number of halogens is 2. The number of carbonyl (C=O) groups is 1. The second-order valence-electron chi connectivity index (χ2n) is 6.20. The summed E-state index contributed by atoms with van der Waals surface area (Å²) in [6, 6.07) is 15.0. The molecule has 1 N–H and O–H groups in total. The first kappa shape index (κ1) is 17.2. The predicted molar refractivity (Wildman–Crippen MR) is 105 cm³/mol. The van der Waals surface area contributed by atoms with Gasteiger partial charge in [-0.15, -0.1) is 0 Å². The fourth-order valence-electron chi connectivity index (χ4n) is 2.89. The fraction of sp³-hybridized carbons (Fsp3) is 0.0476. The minimum Gasteiger partial charge on any atom is -0.322 e. The number of hydrogen-bond acceptors (Lipinski definition) is 2. The van der Waals surface area contributed by atoms with E-state index in [4.69, 9.17) is 11.6 Å². The zero-order valence-corrected chi connectivity index (χ0v) is 15.2. The number of hydrogen-bond donors (Lipinski definition) is 1. The van der Waals surface area contributed by atoms with Crippen molar-refractivity contribution < 1.29 is 9.18 Å². The van der Waals surface area contributed by atoms with E-state index in [0.29, 0.717) is 5.69 Å². The van der Waals surface area contributed by atoms with Gasteiger partial charge in [-0.2, -0.15) is 0 Å². The molecule has 6 heteroatoms. The van der Waals surface area contributed by atoms with E-state index in [1.807, 2.05) is 48.0 Å². The van der Waals surface area contributed by atoms with Gasteiger partial charge in [0.25, 0.3) is 5.91 Å². The zero-order chi connectivity index (χ0) is 19.0. The summed E-state index contributed by atoms with van der Waals surface area (Å²) in [6.45, 7) is 2.02. The number of anilines is 1. The lowest BCUT2D eigenvalue weighted by Crippen LogP contribution is -2.12. The van der Waals surface area contributed by atoms with Gasteiger partial charge in [-0.25, -0.2) is 9.37 Å². The van der Waals surface area contributed by atoms with Crippen molar-refractivity contribution in [2.75, 3.05) is 5.32 Å². The first-order valence-electron chi connectivity index (χ1n) is 8.32. The van der Waals surface area contributed by atoms with Crippen molar-refractivity contribution in [1.29, 1.82) is 0 Å². The summed E-state index contributed by atoms with van der Waals surface area (Å²) >= 11 is 5.94. The van der Waals surface area contributed by atoms with Crippen molar-refractivity contribution in [1.82, 2.24) is 9.38 Å². The highest BCUT2D eigenvalue weighted by Crippen LogP contribution is 2.23. The number of amides is 1. The summed E-state index contributed by atoms with van der Waals surface area (Å²) in [5.74, 6) is -0.875. The van der Waals surface area contributed by atoms with E-state index in [-0.39, 0.29) is 10.6 Å². The van der Waals surface area contributed by atoms with Crippen LogP contribution in [0.25, 0.3) is 16.9 Å². The molecule has 0 aliphatic rings. The molecule has 0 unspecified atom stereocenters. The van der Waals surface area contributed by atoms with Gasteiger partial charge in [0, 0.05) is 23.6 Å². The van der Waals surface area contributed by atoms with Crippen LogP contribution in [-0.4, -0.2) is 15.3 Å². The van der Waals surface area contributed by atoms with Crippen LogP contribution in [0, 0.1) is 12.7 Å². The first-order valence-corrected chi connectivity index (χ1v) is 8.70. The third-order valence-corrected chi connectivity index (χ3v) is 4.60. The molecule has 0 aliphatic carbocycles. The molecule has 0 saturated heterocycles. The Morgan fingerprint density at radius 1 is 1.15 bits per heavy atom. The molecular weight excluding hydrogens is 365 g/mol. The predicted octanol–water partition coefficient (Wildman–Crippen LogP) is 5.35. The number of nitrogens with zero attached hydrogens (tertiary/aromatic N) is 2. The van der Waals surface area contributed by atoms with Crippen LogP contribution in [0.5, 0.6) is 0 Å². The number of nitrogens with one attached hydrogen (secondary N) is 1. The number of fused-ring (bicyclic) bond motifs is 1. The highest BCUT2D eigenvalue weighted by molar-refractivity contribution is 6.34. The van der Waals surface area contributed by atoms with Gasteiger partial charge < -0.3 is 9.72 Å². The van der Waals surface area contributed by atoms with Gasteiger partial charge in [-0.1, -0.05) is 29.8 Å². The van der Waals surface area contributed by atoms with Crippen LogP contribution in [0.3, 0.4) is 0 Å². The molecule has 0 aliphatic heterocycles. The molecule has 4 nitrogen and oxygen atoms in total. The van der Waals surface area contributed by atoms with Crippen molar-refractivity contribution in [3.8, 4) is 11.3 Å². The number of imidazole rings is 1. The number of benzene rings is 2. The van der Waals surface area contributed by atoms with Crippen molar-refractivity contribution in [3.63, 3.8) is 0 Å². The maximum Gasteiger partial charge on any atom is 0.257 e. The van der Waals surface area contributed by atoms with Gasteiger partial charge in [-0.3, -0.25) is 4.79 Å². The Balaban J connectivity index is 1.56. The number of aromatic nitrogens is 2. The van der Waals surface area contributed by atoms with Crippen molar-refractivity contribution in [3.05, 3.63) is 89.0 Å². The summed E-state index contributed by atoms with van der Waals surface area (Å²) in [7, 11) is 0. The Kier molecular flexibility index (Phi) is 4.38. The van der Waals surface area contributed by atoms with Crippen LogP contribution in [-0.2, 0) is 0 Å². The number of pyridine rings is 1. The lowest BCUT2D eigenvalue weighted by molar-refractivity contribution is 0.102. The summed E-state index contributed by atoms with van der Waals surface area (Å²) in [4.78, 5) is 17.0. The van der Waals surface area contributed by atoms with Gasteiger partial charge in [0.2, 0.25) is 0 Å². The van der Waals surface area contributed by atoms with Crippen LogP contribution < -0.4 is 5.32 Å². The zero-order valence-electron chi connectivity index (χ0n) is 14.4. The van der Waals surface area contributed by atoms with Gasteiger partial charge in [0.1, 0.15) is 11.5 Å². The third kappa shape index (κ3) is 3.41. The van der Waals surface area contributed by atoms with Crippen LogP contribution in [0.2, 0.25) is 5.02 Å². The van der Waals surface area contributed by atoms with Gasteiger partial charge >= 0.3 is 0 Å². The Hall–Kier alpha value is -3.18. The van der Waals surface area contributed by atoms with Gasteiger partial charge in [0.05, 0.1) is 16.3 Å². The van der Waals surface area contributed by atoms with E-state index < -0.39 is 11.7 Å². The van der Waals surface area contributed by atoms with E-state index in [1.54, 1.807) is 12.1 Å². The van der Waals surface area contributed by atoms with Crippen molar-refractivity contribution in [2.45, 2.75) is 6.92 Å². The molecule has 0 radical (unpaired) electrons.